The van der Waals surface area contributed by atoms with E-state index in [0.717, 1.165) is 42.7 Å². The smallest absolute Gasteiger partial charge is 0.262 e. The maximum atomic E-state index is 14.1. The largest absolute Gasteiger partial charge is 0.280 e. The molecule has 2 aliphatic carbocycles. The molecule has 12 rings (SSSR count). The lowest BCUT2D eigenvalue weighted by Crippen LogP contribution is -2.31. The summed E-state index contributed by atoms with van der Waals surface area (Å²) in [6.45, 7) is 0. The van der Waals surface area contributed by atoms with Crippen molar-refractivity contribution in [2.75, 3.05) is 9.80 Å². The van der Waals surface area contributed by atoms with Crippen molar-refractivity contribution in [1.29, 1.82) is 0 Å². The van der Waals surface area contributed by atoms with Crippen LogP contribution in [0.4, 0.5) is 11.4 Å². The number of aromatic nitrogens is 2. The van der Waals surface area contributed by atoms with Crippen LogP contribution in [0, 0.1) is 23.7 Å². The van der Waals surface area contributed by atoms with Gasteiger partial charge in [0.25, 0.3) is 11.8 Å². The van der Waals surface area contributed by atoms with Crippen LogP contribution in [-0.4, -0.2) is 53.0 Å². The SMILES string of the molecule is O=C1C2Cc3c(n(C(=O)c4ccccc4)c4ccccc34)CC2C(=O)N1c1ccc(S(=O)(=O)c2ccc(N3C(=O)C4Cc5c(n(C(=O)c6ccccc6)c6ccccc56)CC4C3=O)cc2)cc1. The molecular weight excluding hydrogens is 865 g/mol. The summed E-state index contributed by atoms with van der Waals surface area (Å²) < 4.78 is 31.3. The van der Waals surface area contributed by atoms with Gasteiger partial charge in [-0.2, -0.15) is 0 Å². The van der Waals surface area contributed by atoms with Crippen LogP contribution in [0.2, 0.25) is 0 Å². The number of rotatable bonds is 6. The first-order valence-corrected chi connectivity index (χ1v) is 23.6. The molecule has 0 radical (unpaired) electrons. The number of sulfone groups is 1. The summed E-state index contributed by atoms with van der Waals surface area (Å²) in [5, 5.41) is 1.71. The van der Waals surface area contributed by atoms with Crippen LogP contribution in [0.5, 0.6) is 0 Å². The van der Waals surface area contributed by atoms with Crippen molar-refractivity contribution in [1.82, 2.24) is 9.13 Å². The highest BCUT2D eigenvalue weighted by atomic mass is 32.2. The molecule has 328 valence electrons. The topological polar surface area (TPSA) is 153 Å². The Balaban J connectivity index is 0.777. The van der Waals surface area contributed by atoms with Crippen molar-refractivity contribution >= 4 is 78.5 Å². The highest BCUT2D eigenvalue weighted by Gasteiger charge is 2.53. The minimum absolute atomic E-state index is 0.0809. The van der Waals surface area contributed by atoms with Crippen LogP contribution >= 0.6 is 0 Å². The molecule has 4 heterocycles. The number of amides is 4. The molecule has 2 fully saturated rings. The van der Waals surface area contributed by atoms with E-state index in [0.29, 0.717) is 22.5 Å². The molecule has 0 N–H and O–H groups in total. The average Bonchev–Trinajstić information content (AvgIpc) is 4.03. The summed E-state index contributed by atoms with van der Waals surface area (Å²) in [7, 11) is -4.13. The highest BCUT2D eigenvalue weighted by Crippen LogP contribution is 2.45. The maximum Gasteiger partial charge on any atom is 0.262 e. The Kier molecular flexibility index (Phi) is 9.07. The Labute approximate surface area is 383 Å². The number of hydrogen-bond donors (Lipinski definition) is 0. The van der Waals surface area contributed by atoms with Gasteiger partial charge < -0.3 is 0 Å². The molecule has 4 atom stereocenters. The Hall–Kier alpha value is -8.03. The number of imide groups is 2. The molecule has 4 amide bonds. The molecule has 2 saturated heterocycles. The van der Waals surface area contributed by atoms with E-state index in [4.69, 9.17) is 0 Å². The van der Waals surface area contributed by atoms with E-state index in [-0.39, 0.29) is 70.5 Å². The summed E-state index contributed by atoms with van der Waals surface area (Å²) in [6, 6.07) is 44.1. The first kappa shape index (κ1) is 40.5. The van der Waals surface area contributed by atoms with Gasteiger partial charge in [0.2, 0.25) is 33.5 Å². The molecule has 0 bridgehead atoms. The predicted octanol–water partition coefficient (Wildman–Crippen LogP) is 7.61. The fraction of sp³-hybridized carbons (Fsp3) is 0.148. The van der Waals surface area contributed by atoms with E-state index in [1.165, 1.54) is 48.5 Å². The minimum atomic E-state index is -4.13. The highest BCUT2D eigenvalue weighted by molar-refractivity contribution is 7.91. The van der Waals surface area contributed by atoms with Crippen LogP contribution in [0.3, 0.4) is 0 Å². The molecule has 0 spiro atoms. The van der Waals surface area contributed by atoms with Gasteiger partial charge in [-0.3, -0.25) is 47.7 Å². The quantitative estimate of drug-likeness (QED) is 0.155. The van der Waals surface area contributed by atoms with Crippen LogP contribution in [0.15, 0.2) is 168 Å². The zero-order chi connectivity index (χ0) is 45.9. The van der Waals surface area contributed by atoms with E-state index < -0.39 is 45.3 Å². The average molecular weight is 903 g/mol. The molecule has 0 saturated carbocycles. The van der Waals surface area contributed by atoms with Gasteiger partial charge in [-0.05, 0) is 109 Å². The van der Waals surface area contributed by atoms with Crippen LogP contribution in [0.1, 0.15) is 43.2 Å². The number of fused-ring (bicyclic) bond motifs is 8. The second-order valence-corrected chi connectivity index (χ2v) is 19.6. The third-order valence-corrected chi connectivity index (χ3v) is 16.0. The molecule has 12 nitrogen and oxygen atoms in total. The van der Waals surface area contributed by atoms with Gasteiger partial charge in [0.1, 0.15) is 0 Å². The molecule has 4 aliphatic rings. The number of hydrogen-bond acceptors (Lipinski definition) is 8. The molecule has 67 heavy (non-hydrogen) atoms. The monoisotopic (exact) mass is 902 g/mol. The minimum Gasteiger partial charge on any atom is -0.280 e. The third-order valence-electron chi connectivity index (χ3n) is 14.2. The van der Waals surface area contributed by atoms with Crippen molar-refractivity contribution < 1.29 is 37.2 Å². The van der Waals surface area contributed by atoms with Crippen molar-refractivity contribution in [2.45, 2.75) is 35.5 Å². The molecule has 6 aromatic carbocycles. The number of para-hydroxylation sites is 2. The van der Waals surface area contributed by atoms with Gasteiger partial charge in [0.15, 0.2) is 0 Å². The zero-order valence-electron chi connectivity index (χ0n) is 35.6. The van der Waals surface area contributed by atoms with Gasteiger partial charge in [-0.15, -0.1) is 0 Å². The molecular formula is C54H38N4O8S. The predicted molar refractivity (Wildman–Crippen MR) is 248 cm³/mol. The van der Waals surface area contributed by atoms with Crippen LogP contribution < -0.4 is 9.80 Å². The lowest BCUT2D eigenvalue weighted by atomic mass is 9.79. The Bertz CT molecular complexity index is 3350. The van der Waals surface area contributed by atoms with E-state index in [2.05, 4.69) is 0 Å². The molecule has 13 heteroatoms. The first-order valence-electron chi connectivity index (χ1n) is 22.1. The fourth-order valence-electron chi connectivity index (χ4n) is 11.0. The standard InChI is InChI=1S/C54H38N4O8S/c59-49(31-11-3-1-4-12-31)57-45-17-9-7-15-37(45)39-27-41-43(29-47(39)57)53(63)55(51(41)61)33-19-23-35(24-20-33)67(65,66)36-25-21-34(22-26-36)56-52(62)42-28-40-38-16-8-10-18-46(38)58(48(40)30-44(42)54(56)64)50(60)32-13-5-2-6-14-32/h1-26,41-44H,27-30H2. The second kappa shape index (κ2) is 15.0. The Morgan fingerprint density at radius 1 is 0.403 bits per heavy atom. The van der Waals surface area contributed by atoms with Crippen LogP contribution in [-0.2, 0) is 54.7 Å². The van der Waals surface area contributed by atoms with Gasteiger partial charge in [-0.25, -0.2) is 8.42 Å². The van der Waals surface area contributed by atoms with Crippen molar-refractivity contribution in [3.8, 4) is 0 Å². The molecule has 2 aromatic heterocycles. The summed E-state index contributed by atoms with van der Waals surface area (Å²) >= 11 is 0. The van der Waals surface area contributed by atoms with E-state index in [1.807, 2.05) is 60.7 Å². The number of anilines is 2. The van der Waals surface area contributed by atoms with Crippen molar-refractivity contribution in [2.24, 2.45) is 23.7 Å². The molecule has 4 unspecified atom stereocenters. The molecule has 2 aliphatic heterocycles. The van der Waals surface area contributed by atoms with E-state index in [1.54, 1.807) is 57.7 Å². The number of nitrogens with zero attached hydrogens (tertiary/aromatic N) is 4. The lowest BCUT2D eigenvalue weighted by Gasteiger charge is -2.23. The van der Waals surface area contributed by atoms with E-state index >= 15 is 0 Å². The first-order chi connectivity index (χ1) is 32.5. The normalized spacial score (nSPS) is 20.0. The molecule has 8 aromatic rings. The van der Waals surface area contributed by atoms with E-state index in [9.17, 15) is 37.2 Å². The van der Waals surface area contributed by atoms with Gasteiger partial charge in [0.05, 0.1) is 55.9 Å². The summed E-state index contributed by atoms with van der Waals surface area (Å²) in [5.74, 6) is -4.75. The van der Waals surface area contributed by atoms with Gasteiger partial charge in [-0.1, -0.05) is 72.8 Å². The lowest BCUT2D eigenvalue weighted by molar-refractivity contribution is -0.124. The summed E-state index contributed by atoms with van der Waals surface area (Å²) in [5.41, 5.74) is 6.06. The number of carbonyl (C=O) groups excluding carboxylic acids is 6. The van der Waals surface area contributed by atoms with Gasteiger partial charge >= 0.3 is 0 Å². The van der Waals surface area contributed by atoms with Gasteiger partial charge in [0, 0.05) is 46.1 Å². The fourth-order valence-corrected chi connectivity index (χ4v) is 12.3. The third kappa shape index (κ3) is 6.00. The number of benzene rings is 6. The summed E-state index contributed by atoms with van der Waals surface area (Å²) in [6.07, 6.45) is 0.928. The Morgan fingerprint density at radius 3 is 1.10 bits per heavy atom. The second-order valence-electron chi connectivity index (χ2n) is 17.7. The maximum absolute atomic E-state index is 14.1. The van der Waals surface area contributed by atoms with Crippen LogP contribution in [0.25, 0.3) is 21.8 Å². The van der Waals surface area contributed by atoms with Crippen molar-refractivity contribution in [3.63, 3.8) is 0 Å². The van der Waals surface area contributed by atoms with Crippen molar-refractivity contribution in [3.05, 3.63) is 191 Å². The Morgan fingerprint density at radius 2 is 0.731 bits per heavy atom. The zero-order valence-corrected chi connectivity index (χ0v) is 36.4. The summed E-state index contributed by atoms with van der Waals surface area (Å²) in [4.78, 5) is 86.3. The number of carbonyl (C=O) groups is 6.